The first-order valence-corrected chi connectivity index (χ1v) is 10.8. The summed E-state index contributed by atoms with van der Waals surface area (Å²) in [6, 6.07) is 0.373. The predicted molar refractivity (Wildman–Crippen MR) is 98.2 cm³/mol. The maximum atomic E-state index is 11.5. The fourth-order valence-corrected chi connectivity index (χ4v) is 9.97. The van der Waals surface area contributed by atoms with E-state index in [9.17, 15) is 15.3 Å². The fourth-order valence-electron chi connectivity index (χ4n) is 9.97. The molecule has 5 aliphatic carbocycles. The summed E-state index contributed by atoms with van der Waals surface area (Å²) < 4.78 is 0. The average Bonchev–Trinajstić information content (AvgIpc) is 3.14. The Morgan fingerprint density at radius 2 is 1.96 bits per heavy atom. The number of likely N-dealkylation sites (tertiary alicyclic amines) is 1. The van der Waals surface area contributed by atoms with Gasteiger partial charge in [0.25, 0.3) is 0 Å². The van der Waals surface area contributed by atoms with Crippen LogP contribution in [0.5, 0.6) is 0 Å². The molecule has 1 heterocycles. The SMILES string of the molecule is C=C1[C@@H](O)C23C[C@@H]1[C@@H](O)CC2C12C4CC3[C@@H]1N(CC)C[C@]4(C)CC[C@@H]2O. The third kappa shape index (κ3) is 1.37. The van der Waals surface area contributed by atoms with E-state index in [0.717, 1.165) is 50.8 Å². The molecule has 6 rings (SSSR count). The molecule has 0 aromatic heterocycles. The number of aliphatic hydroxyl groups excluding tert-OH is 3. The minimum atomic E-state index is -0.500. The van der Waals surface area contributed by atoms with Crippen LogP contribution >= 0.6 is 0 Å². The van der Waals surface area contributed by atoms with Crippen LogP contribution in [0, 0.1) is 39.9 Å². The highest BCUT2D eigenvalue weighted by Crippen LogP contribution is 2.83. The smallest absolute Gasteiger partial charge is 0.0813 e. The molecule has 4 nitrogen and oxygen atoms in total. The Labute approximate surface area is 156 Å². The molecule has 2 spiro atoms. The lowest BCUT2D eigenvalue weighted by atomic mass is 9.43. The highest BCUT2D eigenvalue weighted by molar-refractivity contribution is 5.39. The third-order valence-electron chi connectivity index (χ3n) is 10.6. The first-order chi connectivity index (χ1) is 12.3. The van der Waals surface area contributed by atoms with Crippen LogP contribution in [0.25, 0.3) is 0 Å². The first-order valence-electron chi connectivity index (χ1n) is 10.8. The van der Waals surface area contributed by atoms with Crippen molar-refractivity contribution in [3.8, 4) is 0 Å². The molecule has 3 N–H and O–H groups in total. The van der Waals surface area contributed by atoms with Crippen molar-refractivity contribution in [2.45, 2.75) is 70.3 Å². The van der Waals surface area contributed by atoms with E-state index in [0.29, 0.717) is 17.9 Å². The molecule has 7 bridgehead atoms. The van der Waals surface area contributed by atoms with Gasteiger partial charge >= 0.3 is 0 Å². The lowest BCUT2D eigenvalue weighted by Crippen LogP contribution is -2.68. The second kappa shape index (κ2) is 4.59. The van der Waals surface area contributed by atoms with Gasteiger partial charge in [0.2, 0.25) is 0 Å². The van der Waals surface area contributed by atoms with E-state index >= 15 is 0 Å². The van der Waals surface area contributed by atoms with Gasteiger partial charge in [0.1, 0.15) is 0 Å². The molecule has 5 unspecified atom stereocenters. The van der Waals surface area contributed by atoms with E-state index < -0.39 is 12.2 Å². The Morgan fingerprint density at radius 1 is 1.19 bits per heavy atom. The summed E-state index contributed by atoms with van der Waals surface area (Å²) in [6.45, 7) is 11.1. The van der Waals surface area contributed by atoms with E-state index in [4.69, 9.17) is 0 Å². The van der Waals surface area contributed by atoms with E-state index in [1.165, 1.54) is 0 Å². The van der Waals surface area contributed by atoms with Gasteiger partial charge in [0.15, 0.2) is 0 Å². The minimum Gasteiger partial charge on any atom is -0.392 e. The average molecular weight is 360 g/mol. The molecule has 6 fully saturated rings. The van der Waals surface area contributed by atoms with E-state index in [1.807, 2.05) is 0 Å². The lowest BCUT2D eigenvalue weighted by molar-refractivity contribution is -0.218. The topological polar surface area (TPSA) is 63.9 Å². The monoisotopic (exact) mass is 359 g/mol. The fraction of sp³-hybridized carbons (Fsp3) is 0.909. The van der Waals surface area contributed by atoms with Crippen molar-refractivity contribution >= 4 is 0 Å². The highest BCUT2D eigenvalue weighted by Gasteiger charge is 2.85. The van der Waals surface area contributed by atoms with Crippen LogP contribution in [0.4, 0.5) is 0 Å². The summed E-state index contributed by atoms with van der Waals surface area (Å²) in [5.74, 6) is 1.26. The van der Waals surface area contributed by atoms with Crippen LogP contribution in [-0.2, 0) is 0 Å². The minimum absolute atomic E-state index is 0.0547. The van der Waals surface area contributed by atoms with Crippen molar-refractivity contribution in [2.75, 3.05) is 13.1 Å². The van der Waals surface area contributed by atoms with Crippen LogP contribution in [0.1, 0.15) is 46.0 Å². The molecule has 5 saturated carbocycles. The zero-order chi connectivity index (χ0) is 18.2. The molecule has 0 radical (unpaired) electrons. The molecule has 4 heteroatoms. The molecular formula is C22H33NO3. The van der Waals surface area contributed by atoms with Crippen LogP contribution in [-0.4, -0.2) is 57.7 Å². The van der Waals surface area contributed by atoms with Crippen molar-refractivity contribution in [1.29, 1.82) is 0 Å². The van der Waals surface area contributed by atoms with Crippen LogP contribution in [0.3, 0.4) is 0 Å². The summed E-state index contributed by atoms with van der Waals surface area (Å²) >= 11 is 0. The molecule has 0 amide bonds. The molecule has 0 aromatic rings. The summed E-state index contributed by atoms with van der Waals surface area (Å²) in [4.78, 5) is 2.65. The zero-order valence-electron chi connectivity index (χ0n) is 16.1. The third-order valence-corrected chi connectivity index (χ3v) is 10.6. The quantitative estimate of drug-likeness (QED) is 0.625. The Balaban J connectivity index is 1.61. The number of hydrogen-bond acceptors (Lipinski definition) is 4. The van der Waals surface area contributed by atoms with Crippen molar-refractivity contribution in [2.24, 2.45) is 39.9 Å². The molecule has 26 heavy (non-hydrogen) atoms. The van der Waals surface area contributed by atoms with Crippen molar-refractivity contribution < 1.29 is 15.3 Å². The summed E-state index contributed by atoms with van der Waals surface area (Å²) in [5.41, 5.74) is 0.849. The molecule has 11 atom stereocenters. The second-order valence-electron chi connectivity index (χ2n) is 10.9. The maximum absolute atomic E-state index is 11.5. The molecular weight excluding hydrogens is 326 g/mol. The normalized spacial score (nSPS) is 65.5. The van der Waals surface area contributed by atoms with E-state index in [-0.39, 0.29) is 34.2 Å². The number of aliphatic hydroxyl groups is 3. The predicted octanol–water partition coefficient (Wildman–Crippen LogP) is 1.79. The number of piperidine rings is 1. The Bertz CT molecular complexity index is 695. The molecule has 1 aliphatic heterocycles. The maximum Gasteiger partial charge on any atom is 0.0813 e. The van der Waals surface area contributed by atoms with Gasteiger partial charge in [0.05, 0.1) is 18.3 Å². The first kappa shape index (κ1) is 16.5. The van der Waals surface area contributed by atoms with Gasteiger partial charge in [-0.2, -0.15) is 0 Å². The number of fused-ring (bicyclic) bond motifs is 1. The molecule has 0 aromatic carbocycles. The largest absolute Gasteiger partial charge is 0.392 e. The summed E-state index contributed by atoms with van der Waals surface area (Å²) in [6.07, 6.45) is 3.58. The molecule has 1 saturated heterocycles. The van der Waals surface area contributed by atoms with Gasteiger partial charge in [-0.3, -0.25) is 4.90 Å². The standard InChI is InChI=1S/C22H33NO3/c1-4-23-10-20(3)6-5-17(25)22-15(20)7-13(18(22)23)21-9-12(11(2)19(21)26)14(24)8-16(21)22/h12-19,24-26H,2,4-10H2,1,3H3/t12-,13?,14-,15?,16?,17-,18-,19+,20-,21?,22?/m0/s1. The highest BCUT2D eigenvalue weighted by atomic mass is 16.3. The van der Waals surface area contributed by atoms with Gasteiger partial charge in [0, 0.05) is 29.3 Å². The number of rotatable bonds is 1. The van der Waals surface area contributed by atoms with Crippen molar-refractivity contribution in [3.63, 3.8) is 0 Å². The van der Waals surface area contributed by atoms with Crippen LogP contribution in [0.15, 0.2) is 12.2 Å². The molecule has 6 aliphatic rings. The zero-order valence-corrected chi connectivity index (χ0v) is 16.1. The Morgan fingerprint density at radius 3 is 2.69 bits per heavy atom. The summed E-state index contributed by atoms with van der Waals surface area (Å²) in [7, 11) is 0. The van der Waals surface area contributed by atoms with Gasteiger partial charge in [-0.1, -0.05) is 20.4 Å². The summed E-state index contributed by atoms with van der Waals surface area (Å²) in [5, 5.41) is 33.8. The van der Waals surface area contributed by atoms with E-state index in [1.54, 1.807) is 0 Å². The van der Waals surface area contributed by atoms with Gasteiger partial charge in [-0.05, 0) is 67.4 Å². The van der Waals surface area contributed by atoms with E-state index in [2.05, 4.69) is 25.3 Å². The van der Waals surface area contributed by atoms with Crippen molar-refractivity contribution in [1.82, 2.24) is 4.90 Å². The van der Waals surface area contributed by atoms with Crippen LogP contribution < -0.4 is 0 Å². The van der Waals surface area contributed by atoms with Gasteiger partial charge < -0.3 is 15.3 Å². The van der Waals surface area contributed by atoms with Gasteiger partial charge in [-0.25, -0.2) is 0 Å². The Kier molecular flexibility index (Phi) is 2.92. The number of nitrogens with zero attached hydrogens (tertiary/aromatic N) is 1. The lowest BCUT2D eigenvalue weighted by Gasteiger charge is -2.65. The van der Waals surface area contributed by atoms with Crippen LogP contribution in [0.2, 0.25) is 0 Å². The van der Waals surface area contributed by atoms with Gasteiger partial charge in [-0.15, -0.1) is 0 Å². The molecule has 144 valence electrons. The number of hydrogen-bond donors (Lipinski definition) is 3. The van der Waals surface area contributed by atoms with Crippen molar-refractivity contribution in [3.05, 3.63) is 12.2 Å². The second-order valence-corrected chi connectivity index (χ2v) is 10.9. The Hall–Kier alpha value is -0.420.